The molecule has 0 radical (unpaired) electrons. The van der Waals surface area contributed by atoms with Crippen molar-refractivity contribution in [1.82, 2.24) is 16.0 Å². The van der Waals surface area contributed by atoms with E-state index in [0.717, 1.165) is 0 Å². The third-order valence-corrected chi connectivity index (χ3v) is 8.51. The molecule has 0 aromatic heterocycles. The lowest BCUT2D eigenvalue weighted by atomic mass is 10.0. The summed E-state index contributed by atoms with van der Waals surface area (Å²) >= 11 is 11.9. The number of esters is 1. The molecule has 0 unspecified atom stereocenters. The molecule has 0 aliphatic carbocycles. The van der Waals surface area contributed by atoms with E-state index in [0.29, 0.717) is 21.3 Å². The molecule has 47 heavy (non-hydrogen) atoms. The molecule has 3 amide bonds. The number of halogens is 3. The first-order valence-electron chi connectivity index (χ1n) is 14.1. The highest BCUT2D eigenvalue weighted by Gasteiger charge is 2.34. The molecule has 2 aliphatic rings. The van der Waals surface area contributed by atoms with Gasteiger partial charge in [0.1, 0.15) is 29.5 Å². The average Bonchev–Trinajstić information content (AvgIpc) is 3.00. The summed E-state index contributed by atoms with van der Waals surface area (Å²) in [6.07, 6.45) is -0.961. The molecule has 3 aromatic carbocycles. The number of phenolic OH excluding ortho intramolecular Hbond substituents is 1. The Kier molecular flexibility index (Phi) is 11.5. The van der Waals surface area contributed by atoms with E-state index < -0.39 is 47.6 Å². The highest BCUT2D eigenvalue weighted by atomic mass is 127. The molecule has 5 rings (SSSR count). The molecule has 3 atom stereocenters. The van der Waals surface area contributed by atoms with Gasteiger partial charge in [0, 0.05) is 6.42 Å². The minimum atomic E-state index is -1.46. The van der Waals surface area contributed by atoms with Gasteiger partial charge in [-0.15, -0.1) is 0 Å². The van der Waals surface area contributed by atoms with Crippen LogP contribution in [0, 0.1) is 3.57 Å². The maximum atomic E-state index is 14.1. The van der Waals surface area contributed by atoms with Crippen LogP contribution in [0.3, 0.4) is 0 Å². The van der Waals surface area contributed by atoms with Crippen molar-refractivity contribution in [2.75, 3.05) is 14.2 Å². The zero-order valence-corrected chi connectivity index (χ0v) is 30.4. The Hall–Kier alpha value is -3.76. The molecule has 4 N–H and O–H groups in total. The zero-order chi connectivity index (χ0) is 34.6. The van der Waals surface area contributed by atoms with Crippen LogP contribution >= 0.6 is 50.1 Å². The molecule has 0 fully saturated rings. The van der Waals surface area contributed by atoms with E-state index in [1.165, 1.54) is 26.4 Å². The number of carbonyl (C=O) groups excluding carboxylic acids is 4. The van der Waals surface area contributed by atoms with Gasteiger partial charge in [-0.25, -0.2) is 9.59 Å². The van der Waals surface area contributed by atoms with E-state index in [4.69, 9.17) is 30.5 Å². The smallest absolute Gasteiger partial charge is 0.408 e. The van der Waals surface area contributed by atoms with E-state index >= 15 is 0 Å². The monoisotopic (exact) mass is 843 g/mol. The molecule has 2 aliphatic heterocycles. The molecule has 0 saturated carbocycles. The molecule has 0 saturated heterocycles. The first-order chi connectivity index (χ1) is 22.1. The number of hydrogen-bond donors (Lipinski definition) is 4. The highest BCUT2D eigenvalue weighted by molar-refractivity contribution is 14.1. The van der Waals surface area contributed by atoms with Crippen molar-refractivity contribution in [3.63, 3.8) is 0 Å². The van der Waals surface area contributed by atoms with E-state index in [-0.39, 0.29) is 37.8 Å². The van der Waals surface area contributed by atoms with Crippen molar-refractivity contribution >= 4 is 74.0 Å². The molecule has 12 nitrogen and oxygen atoms in total. The Labute approximate surface area is 298 Å². The average molecular weight is 845 g/mol. The van der Waals surface area contributed by atoms with Gasteiger partial charge >= 0.3 is 12.1 Å². The second-order valence-electron chi connectivity index (χ2n) is 11.4. The number of amides is 3. The zero-order valence-electron chi connectivity index (χ0n) is 25.9. The van der Waals surface area contributed by atoms with Crippen molar-refractivity contribution in [2.45, 2.75) is 50.9 Å². The van der Waals surface area contributed by atoms with Gasteiger partial charge in [0.05, 0.1) is 27.3 Å². The lowest BCUT2D eigenvalue weighted by molar-refractivity contribution is -0.145. The summed E-state index contributed by atoms with van der Waals surface area (Å²) in [4.78, 5) is 54.0. The molecular formula is C32H32BrClIN3O9. The number of fused-ring (bicyclic) bond motifs is 9. The van der Waals surface area contributed by atoms with Crippen LogP contribution in [0.15, 0.2) is 53.0 Å². The fraction of sp³-hybridized carbons (Fsp3) is 0.312. The molecule has 3 aromatic rings. The van der Waals surface area contributed by atoms with Crippen molar-refractivity contribution in [2.24, 2.45) is 0 Å². The van der Waals surface area contributed by atoms with E-state index in [2.05, 4.69) is 31.9 Å². The van der Waals surface area contributed by atoms with Crippen molar-refractivity contribution < 1.29 is 43.2 Å². The Bertz CT molecular complexity index is 1680. The third kappa shape index (κ3) is 8.99. The second kappa shape index (κ2) is 15.0. The van der Waals surface area contributed by atoms with Crippen LogP contribution in [0.25, 0.3) is 0 Å². The summed E-state index contributed by atoms with van der Waals surface area (Å²) in [6.45, 7) is 4.99. The highest BCUT2D eigenvalue weighted by Crippen LogP contribution is 2.43. The van der Waals surface area contributed by atoms with E-state index in [9.17, 15) is 24.3 Å². The van der Waals surface area contributed by atoms with E-state index in [1.54, 1.807) is 57.2 Å². The number of ether oxygens (including phenoxy) is 4. The van der Waals surface area contributed by atoms with Gasteiger partial charge in [-0.2, -0.15) is 0 Å². The SMILES string of the molecule is COC(=O)[C@@H]1Cc2cc(Cl)c(c(Br)c2)Oc2cc(cc(I)c2O)[C@@H](NC(=O)OC(C)(C)C)C(=O)N[C@H](c2ccc(OC)cc2)C(=O)N1. The number of carbonyl (C=O) groups is 4. The maximum Gasteiger partial charge on any atom is 0.408 e. The Morgan fingerprint density at radius 3 is 2.32 bits per heavy atom. The summed E-state index contributed by atoms with van der Waals surface area (Å²) in [5.41, 5.74) is 0.163. The normalized spacial score (nSPS) is 18.3. The lowest BCUT2D eigenvalue weighted by Gasteiger charge is -2.27. The summed E-state index contributed by atoms with van der Waals surface area (Å²) in [7, 11) is 2.67. The van der Waals surface area contributed by atoms with Gasteiger partial charge in [-0.05, 0) is 112 Å². The predicted molar refractivity (Wildman–Crippen MR) is 184 cm³/mol. The van der Waals surface area contributed by atoms with Crippen LogP contribution in [0.4, 0.5) is 4.79 Å². The van der Waals surface area contributed by atoms with Crippen LogP contribution in [-0.4, -0.2) is 54.8 Å². The summed E-state index contributed by atoms with van der Waals surface area (Å²) in [5, 5.41) is 19.0. The minimum Gasteiger partial charge on any atom is -0.504 e. The largest absolute Gasteiger partial charge is 0.504 e. The van der Waals surface area contributed by atoms with E-state index in [1.807, 2.05) is 22.6 Å². The van der Waals surface area contributed by atoms with Crippen LogP contribution < -0.4 is 25.4 Å². The van der Waals surface area contributed by atoms with Gasteiger partial charge in [-0.1, -0.05) is 23.7 Å². The van der Waals surface area contributed by atoms with Crippen LogP contribution in [0.1, 0.15) is 49.5 Å². The van der Waals surface area contributed by atoms with Crippen LogP contribution in [0.2, 0.25) is 5.02 Å². The Morgan fingerprint density at radius 2 is 1.72 bits per heavy atom. The molecule has 2 heterocycles. The summed E-state index contributed by atoms with van der Waals surface area (Å²) in [6, 6.07) is 8.41. The second-order valence-corrected chi connectivity index (χ2v) is 13.8. The number of nitrogens with one attached hydrogen (secondary N) is 3. The topological polar surface area (TPSA) is 162 Å². The molecule has 250 valence electrons. The van der Waals surface area contributed by atoms with Crippen LogP contribution in [-0.2, 0) is 30.3 Å². The van der Waals surface area contributed by atoms with Gasteiger partial charge in [0.15, 0.2) is 17.2 Å². The standard InChI is InChI=1S/C32H32BrClIN3O9/c1-32(2,3)47-31(43)38-25-17-13-21(35)26(39)23(14-17)46-27-19(33)10-15(11-20(27)34)12-22(30(42)45-5)36-28(40)24(37-29(25)41)16-6-8-18(44-4)9-7-16/h6-11,13-14,22,24-25,39H,12H2,1-5H3,(H,36,40)(H,37,41)(H,38,43)/t22-,24+,25+/m0/s1. The van der Waals surface area contributed by atoms with Crippen molar-refractivity contribution in [3.8, 4) is 23.0 Å². The number of alkyl carbamates (subject to hydrolysis) is 1. The van der Waals surface area contributed by atoms with Gasteiger partial charge in [-0.3, -0.25) is 9.59 Å². The summed E-state index contributed by atoms with van der Waals surface area (Å²) < 4.78 is 22.4. The maximum absolute atomic E-state index is 14.1. The Morgan fingerprint density at radius 1 is 1.04 bits per heavy atom. The number of benzene rings is 3. The minimum absolute atomic E-state index is 0.0399. The number of hydrogen-bond acceptors (Lipinski definition) is 9. The first kappa shape index (κ1) is 36.1. The van der Waals surface area contributed by atoms with Crippen molar-refractivity contribution in [3.05, 3.63) is 78.3 Å². The molecular weight excluding hydrogens is 813 g/mol. The van der Waals surface area contributed by atoms with Gasteiger partial charge in [0.2, 0.25) is 11.8 Å². The number of rotatable bonds is 4. The molecule has 15 heteroatoms. The van der Waals surface area contributed by atoms with Gasteiger partial charge < -0.3 is 40.0 Å². The fourth-order valence-electron chi connectivity index (χ4n) is 4.65. The quantitative estimate of drug-likeness (QED) is 0.187. The number of aromatic hydroxyl groups is 1. The number of methoxy groups -OCH3 is 2. The predicted octanol–water partition coefficient (Wildman–Crippen LogP) is 5.85. The van der Waals surface area contributed by atoms with Crippen LogP contribution in [0.5, 0.6) is 23.0 Å². The molecule has 4 bridgehead atoms. The molecule has 0 spiro atoms. The number of phenols is 1. The first-order valence-corrected chi connectivity index (χ1v) is 16.3. The lowest BCUT2D eigenvalue weighted by Crippen LogP contribution is -2.50. The van der Waals surface area contributed by atoms with Gasteiger partial charge in [0.25, 0.3) is 0 Å². The van der Waals surface area contributed by atoms with Crippen molar-refractivity contribution in [1.29, 1.82) is 0 Å². The fourth-order valence-corrected chi connectivity index (χ4v) is 6.26. The summed E-state index contributed by atoms with van der Waals surface area (Å²) in [5.74, 6) is -1.99. The third-order valence-electron chi connectivity index (χ3n) is 6.82. The Balaban J connectivity index is 1.92.